The molecule has 1 aromatic carbocycles. The Morgan fingerprint density at radius 2 is 2.04 bits per heavy atom. The number of rotatable bonds is 3. The minimum Gasteiger partial charge on any atom is -0.367 e. The highest BCUT2D eigenvalue weighted by Gasteiger charge is 2.54. The first-order chi connectivity index (χ1) is 12.6. The van der Waals surface area contributed by atoms with E-state index < -0.39 is 0 Å². The summed E-state index contributed by atoms with van der Waals surface area (Å²) in [5.41, 5.74) is 6.96. The van der Waals surface area contributed by atoms with Gasteiger partial charge in [-0.2, -0.15) is 0 Å². The summed E-state index contributed by atoms with van der Waals surface area (Å²) in [5, 5.41) is 0. The molecular weight excluding hydrogens is 318 g/mol. The van der Waals surface area contributed by atoms with Gasteiger partial charge in [0, 0.05) is 42.1 Å². The van der Waals surface area contributed by atoms with Gasteiger partial charge in [0.05, 0.1) is 0 Å². The summed E-state index contributed by atoms with van der Waals surface area (Å²) < 4.78 is 0. The zero-order valence-corrected chi connectivity index (χ0v) is 16.2. The van der Waals surface area contributed by atoms with Crippen molar-refractivity contribution in [2.75, 3.05) is 25.0 Å². The first kappa shape index (κ1) is 16.3. The molecule has 2 aromatic rings. The van der Waals surface area contributed by atoms with Gasteiger partial charge in [-0.1, -0.05) is 23.8 Å². The number of piperidine rings is 1. The Morgan fingerprint density at radius 3 is 2.85 bits per heavy atom. The number of pyridine rings is 1. The molecule has 1 saturated heterocycles. The van der Waals surface area contributed by atoms with Crippen LogP contribution in [0.25, 0.3) is 0 Å². The lowest BCUT2D eigenvalue weighted by atomic mass is 9.92. The maximum atomic E-state index is 4.48. The highest BCUT2D eigenvalue weighted by Crippen LogP contribution is 2.55. The molecule has 3 aliphatic rings. The number of aromatic nitrogens is 1. The number of likely N-dealkylation sites (tertiary alicyclic amines) is 1. The number of aryl methyl sites for hydroxylation is 2. The van der Waals surface area contributed by atoms with Crippen LogP contribution in [0, 0.1) is 19.8 Å². The second-order valence-electron chi connectivity index (χ2n) is 8.66. The predicted molar refractivity (Wildman–Crippen MR) is 107 cm³/mol. The summed E-state index contributed by atoms with van der Waals surface area (Å²) in [6.45, 7) is 6.66. The van der Waals surface area contributed by atoms with E-state index in [1.54, 1.807) is 5.56 Å². The first-order valence-corrected chi connectivity index (χ1v) is 10.1. The van der Waals surface area contributed by atoms with Gasteiger partial charge in [0.25, 0.3) is 0 Å². The zero-order chi connectivity index (χ0) is 17.8. The molecule has 1 aliphatic carbocycles. The van der Waals surface area contributed by atoms with Crippen LogP contribution in [-0.4, -0.2) is 42.1 Å². The predicted octanol–water partition coefficient (Wildman–Crippen LogP) is 3.94. The van der Waals surface area contributed by atoms with Crippen molar-refractivity contribution >= 4 is 5.69 Å². The Kier molecular flexibility index (Phi) is 3.82. The number of benzene rings is 1. The van der Waals surface area contributed by atoms with Crippen LogP contribution in [0.4, 0.5) is 5.69 Å². The van der Waals surface area contributed by atoms with Crippen LogP contribution in [0.2, 0.25) is 0 Å². The maximum absolute atomic E-state index is 4.48. The van der Waals surface area contributed by atoms with Crippen molar-refractivity contribution in [2.24, 2.45) is 5.92 Å². The molecule has 5 rings (SSSR count). The lowest BCUT2D eigenvalue weighted by Gasteiger charge is -2.34. The summed E-state index contributed by atoms with van der Waals surface area (Å²) in [5.74, 6) is 1.54. The number of nitrogens with zero attached hydrogens (tertiary/aromatic N) is 3. The van der Waals surface area contributed by atoms with Gasteiger partial charge in [0.15, 0.2) is 0 Å². The lowest BCUT2D eigenvalue weighted by molar-refractivity contribution is 0.184. The second-order valence-corrected chi connectivity index (χ2v) is 8.66. The Morgan fingerprint density at radius 1 is 1.15 bits per heavy atom. The number of hydrogen-bond acceptors (Lipinski definition) is 3. The van der Waals surface area contributed by atoms with E-state index in [9.17, 15) is 0 Å². The minimum absolute atomic E-state index is 0.693. The highest BCUT2D eigenvalue weighted by atomic mass is 15.3. The molecule has 3 nitrogen and oxygen atoms in total. The van der Waals surface area contributed by atoms with Gasteiger partial charge >= 0.3 is 0 Å². The van der Waals surface area contributed by atoms with E-state index in [2.05, 4.69) is 72.2 Å². The standard InChI is InChI=1S/C23H29N3/c1-15-4-7-20-19(12-15)22-21-13-18(9-10-25(21)3)23(22)26(20)11-8-17-6-5-16(2)24-14-17/h4-7,12,14,18,21-23H,8-11,13H2,1-3H3/t18-,21-,22+,23-/m1/s1. The molecule has 2 fully saturated rings. The number of fused-ring (bicyclic) bond motifs is 7. The summed E-state index contributed by atoms with van der Waals surface area (Å²) in [7, 11) is 2.33. The molecule has 3 heteroatoms. The van der Waals surface area contributed by atoms with Crippen molar-refractivity contribution in [3.8, 4) is 0 Å². The fourth-order valence-corrected chi connectivity index (χ4v) is 5.76. The third-order valence-corrected chi connectivity index (χ3v) is 7.05. The fourth-order valence-electron chi connectivity index (χ4n) is 5.76. The molecule has 26 heavy (non-hydrogen) atoms. The van der Waals surface area contributed by atoms with Crippen LogP contribution < -0.4 is 4.90 Å². The number of hydrogen-bond donors (Lipinski definition) is 0. The van der Waals surface area contributed by atoms with Crippen LogP contribution in [0.3, 0.4) is 0 Å². The third-order valence-electron chi connectivity index (χ3n) is 7.05. The molecule has 0 N–H and O–H groups in total. The van der Waals surface area contributed by atoms with Crippen molar-refractivity contribution in [3.63, 3.8) is 0 Å². The molecule has 136 valence electrons. The summed E-state index contributed by atoms with van der Waals surface area (Å²) in [4.78, 5) is 9.86. The zero-order valence-electron chi connectivity index (χ0n) is 16.2. The van der Waals surface area contributed by atoms with Crippen LogP contribution >= 0.6 is 0 Å². The molecule has 0 unspecified atom stereocenters. The maximum Gasteiger partial charge on any atom is 0.0406 e. The summed E-state index contributed by atoms with van der Waals surface area (Å²) >= 11 is 0. The van der Waals surface area contributed by atoms with E-state index in [1.165, 1.54) is 36.2 Å². The second kappa shape index (κ2) is 6.09. The molecule has 2 bridgehead atoms. The van der Waals surface area contributed by atoms with Gasteiger partial charge in [-0.3, -0.25) is 4.98 Å². The number of anilines is 1. The van der Waals surface area contributed by atoms with Gasteiger partial charge in [-0.15, -0.1) is 0 Å². The summed E-state index contributed by atoms with van der Waals surface area (Å²) in [6, 6.07) is 12.9. The van der Waals surface area contributed by atoms with Crippen molar-refractivity contribution in [1.29, 1.82) is 0 Å². The van der Waals surface area contributed by atoms with E-state index in [-0.39, 0.29) is 0 Å². The van der Waals surface area contributed by atoms with Crippen LogP contribution in [0.5, 0.6) is 0 Å². The quantitative estimate of drug-likeness (QED) is 0.838. The first-order valence-electron chi connectivity index (χ1n) is 10.1. The van der Waals surface area contributed by atoms with Crippen LogP contribution in [0.15, 0.2) is 36.5 Å². The fraction of sp³-hybridized carbons (Fsp3) is 0.522. The molecular formula is C23H29N3. The summed E-state index contributed by atoms with van der Waals surface area (Å²) in [6.07, 6.45) is 5.86. The van der Waals surface area contributed by atoms with Crippen molar-refractivity contribution in [1.82, 2.24) is 9.88 Å². The smallest absolute Gasteiger partial charge is 0.0406 e. The normalized spacial score (nSPS) is 29.7. The highest BCUT2D eigenvalue weighted by molar-refractivity contribution is 5.64. The van der Waals surface area contributed by atoms with Gasteiger partial charge in [0.1, 0.15) is 0 Å². The van der Waals surface area contributed by atoms with E-state index in [0.717, 1.165) is 30.6 Å². The van der Waals surface area contributed by atoms with E-state index >= 15 is 0 Å². The molecule has 2 aliphatic heterocycles. The Hall–Kier alpha value is -1.87. The minimum atomic E-state index is 0.693. The molecule has 1 saturated carbocycles. The van der Waals surface area contributed by atoms with Crippen LogP contribution in [-0.2, 0) is 6.42 Å². The van der Waals surface area contributed by atoms with E-state index in [4.69, 9.17) is 0 Å². The Balaban J connectivity index is 1.48. The molecule has 0 amide bonds. The van der Waals surface area contributed by atoms with Gasteiger partial charge in [-0.25, -0.2) is 0 Å². The monoisotopic (exact) mass is 347 g/mol. The van der Waals surface area contributed by atoms with Crippen molar-refractivity contribution in [3.05, 3.63) is 58.9 Å². The Bertz CT molecular complexity index is 813. The largest absolute Gasteiger partial charge is 0.367 e. The molecule has 3 heterocycles. The third kappa shape index (κ3) is 2.48. The topological polar surface area (TPSA) is 19.4 Å². The molecule has 0 spiro atoms. The molecule has 1 aromatic heterocycles. The van der Waals surface area contributed by atoms with Crippen molar-refractivity contribution in [2.45, 2.75) is 51.1 Å². The lowest BCUT2D eigenvalue weighted by Crippen LogP contribution is -2.38. The molecule has 4 atom stereocenters. The van der Waals surface area contributed by atoms with Crippen molar-refractivity contribution < 1.29 is 0 Å². The Labute approximate surface area is 157 Å². The average molecular weight is 348 g/mol. The van der Waals surface area contributed by atoms with E-state index in [0.29, 0.717) is 12.0 Å². The number of likely N-dealkylation sites (N-methyl/N-ethyl adjacent to an activating group) is 1. The van der Waals surface area contributed by atoms with Gasteiger partial charge in [0.2, 0.25) is 0 Å². The van der Waals surface area contributed by atoms with Gasteiger partial charge in [-0.05, 0) is 75.9 Å². The molecule has 0 radical (unpaired) electrons. The van der Waals surface area contributed by atoms with E-state index in [1.807, 2.05) is 0 Å². The average Bonchev–Trinajstić information content (AvgIpc) is 3.12. The SMILES string of the molecule is Cc1ccc2c(c1)[C@@H]1[C@@H]([C@@H]3CCN(C)[C@@H]1C3)N2CCc1ccc(C)nc1. The van der Waals surface area contributed by atoms with Gasteiger partial charge < -0.3 is 9.80 Å². The van der Waals surface area contributed by atoms with Crippen LogP contribution in [0.1, 0.15) is 41.1 Å².